The zero-order valence-corrected chi connectivity index (χ0v) is 7.66. The third-order valence-electron chi connectivity index (χ3n) is 4.26. The van der Waals surface area contributed by atoms with Crippen LogP contribution in [0.25, 0.3) is 0 Å². The van der Waals surface area contributed by atoms with E-state index in [1.807, 2.05) is 0 Å². The van der Waals surface area contributed by atoms with Gasteiger partial charge in [0.1, 0.15) is 11.6 Å². The lowest BCUT2D eigenvalue weighted by molar-refractivity contribution is -0.126. The number of hydrogen-bond acceptors (Lipinski definition) is 2. The van der Waals surface area contributed by atoms with Crippen molar-refractivity contribution < 1.29 is 9.59 Å². The Balaban J connectivity index is 2.05. The minimum atomic E-state index is 0.130. The molecule has 2 heteroatoms. The van der Waals surface area contributed by atoms with Crippen LogP contribution in [0.1, 0.15) is 32.1 Å². The summed E-state index contributed by atoms with van der Waals surface area (Å²) >= 11 is 0. The van der Waals surface area contributed by atoms with Crippen LogP contribution in [0, 0.1) is 23.7 Å². The predicted octanol–water partition coefficient (Wildman–Crippen LogP) is 1.58. The predicted molar refractivity (Wildman–Crippen MR) is 47.1 cm³/mol. The zero-order chi connectivity index (χ0) is 9.00. The van der Waals surface area contributed by atoms with Gasteiger partial charge in [-0.05, 0) is 31.6 Å². The number of ketones is 2. The molecule has 4 unspecified atom stereocenters. The Morgan fingerprint density at radius 2 is 1.85 bits per heavy atom. The quantitative estimate of drug-likeness (QED) is 0.564. The number of rotatable bonds is 0. The first-order chi connectivity index (χ1) is 6.25. The normalized spacial score (nSPS) is 48.3. The Morgan fingerprint density at radius 3 is 2.69 bits per heavy atom. The van der Waals surface area contributed by atoms with Gasteiger partial charge in [-0.3, -0.25) is 9.59 Å². The summed E-state index contributed by atoms with van der Waals surface area (Å²) in [6.45, 7) is 0. The van der Waals surface area contributed by atoms with E-state index >= 15 is 0 Å². The van der Waals surface area contributed by atoms with Crippen molar-refractivity contribution in [2.45, 2.75) is 32.1 Å². The highest BCUT2D eigenvalue weighted by Gasteiger charge is 2.49. The van der Waals surface area contributed by atoms with Crippen molar-refractivity contribution in [2.24, 2.45) is 23.7 Å². The molecule has 0 radical (unpaired) electrons. The second kappa shape index (κ2) is 2.43. The van der Waals surface area contributed by atoms with Gasteiger partial charge in [0.25, 0.3) is 0 Å². The molecule has 4 fully saturated rings. The number of fused-ring (bicyclic) bond motifs is 2. The molecule has 4 atom stereocenters. The van der Waals surface area contributed by atoms with Crippen LogP contribution in [0.15, 0.2) is 0 Å². The molecule has 4 saturated carbocycles. The molecule has 0 saturated heterocycles. The lowest BCUT2D eigenvalue weighted by Crippen LogP contribution is -2.16. The van der Waals surface area contributed by atoms with Crippen molar-refractivity contribution in [2.75, 3.05) is 0 Å². The van der Waals surface area contributed by atoms with Crippen LogP contribution in [0.2, 0.25) is 0 Å². The van der Waals surface area contributed by atoms with E-state index in [1.54, 1.807) is 0 Å². The van der Waals surface area contributed by atoms with Gasteiger partial charge in [0.2, 0.25) is 0 Å². The minimum absolute atomic E-state index is 0.130. The maximum Gasteiger partial charge on any atom is 0.139 e. The van der Waals surface area contributed by atoms with Crippen LogP contribution in [-0.2, 0) is 9.59 Å². The minimum Gasteiger partial charge on any atom is -0.299 e. The van der Waals surface area contributed by atoms with Crippen LogP contribution < -0.4 is 0 Å². The van der Waals surface area contributed by atoms with Crippen molar-refractivity contribution >= 4 is 11.6 Å². The molecule has 70 valence electrons. The Bertz CT molecular complexity index is 282. The molecule has 4 bridgehead atoms. The fourth-order valence-corrected chi connectivity index (χ4v) is 3.53. The summed E-state index contributed by atoms with van der Waals surface area (Å²) in [5.41, 5.74) is 0. The molecule has 4 aliphatic rings. The van der Waals surface area contributed by atoms with E-state index in [1.165, 1.54) is 0 Å². The van der Waals surface area contributed by atoms with Crippen molar-refractivity contribution in [3.63, 3.8) is 0 Å². The summed E-state index contributed by atoms with van der Waals surface area (Å²) in [6.07, 6.45) is 4.73. The topological polar surface area (TPSA) is 34.1 Å². The average Bonchev–Trinajstić information content (AvgIpc) is 2.36. The van der Waals surface area contributed by atoms with E-state index in [-0.39, 0.29) is 17.8 Å². The molecular formula is C11H14O2. The molecule has 0 aromatic rings. The van der Waals surface area contributed by atoms with Crippen molar-refractivity contribution in [1.82, 2.24) is 0 Å². The molecule has 0 spiro atoms. The zero-order valence-electron chi connectivity index (χ0n) is 7.66. The summed E-state index contributed by atoms with van der Waals surface area (Å²) in [4.78, 5) is 23.4. The van der Waals surface area contributed by atoms with E-state index < -0.39 is 0 Å². The van der Waals surface area contributed by atoms with E-state index in [0.717, 1.165) is 25.7 Å². The van der Waals surface area contributed by atoms with Gasteiger partial charge in [0.15, 0.2) is 0 Å². The van der Waals surface area contributed by atoms with Gasteiger partial charge in [-0.2, -0.15) is 0 Å². The SMILES string of the molecule is O=C1CC2C(=O)C3CC1CCC2C3. The Morgan fingerprint density at radius 1 is 1.00 bits per heavy atom. The van der Waals surface area contributed by atoms with Crippen molar-refractivity contribution in [3.05, 3.63) is 0 Å². The molecule has 0 aromatic carbocycles. The summed E-state index contributed by atoms with van der Waals surface area (Å²) in [5, 5.41) is 0. The average molecular weight is 178 g/mol. The highest BCUT2D eigenvalue weighted by Crippen LogP contribution is 2.49. The van der Waals surface area contributed by atoms with Gasteiger partial charge in [-0.15, -0.1) is 0 Å². The summed E-state index contributed by atoms with van der Waals surface area (Å²) < 4.78 is 0. The molecule has 4 rings (SSSR count). The summed E-state index contributed by atoms with van der Waals surface area (Å²) in [5.74, 6) is 1.99. The Labute approximate surface area is 77.7 Å². The van der Waals surface area contributed by atoms with Crippen LogP contribution in [0.5, 0.6) is 0 Å². The molecule has 2 nitrogen and oxygen atoms in total. The van der Waals surface area contributed by atoms with Gasteiger partial charge in [0.05, 0.1) is 0 Å². The van der Waals surface area contributed by atoms with E-state index in [9.17, 15) is 9.59 Å². The number of carbonyl (C=O) groups is 2. The van der Waals surface area contributed by atoms with E-state index in [2.05, 4.69) is 0 Å². The standard InChI is InChI=1S/C11H14O2/c12-10-5-9-6-1-2-7(10)4-8(3-6)11(9)13/h6-9H,1-5H2. The molecule has 13 heavy (non-hydrogen) atoms. The Hall–Kier alpha value is -0.660. The smallest absolute Gasteiger partial charge is 0.139 e. The van der Waals surface area contributed by atoms with E-state index in [0.29, 0.717) is 23.9 Å². The van der Waals surface area contributed by atoms with Crippen LogP contribution in [-0.4, -0.2) is 11.6 Å². The van der Waals surface area contributed by atoms with Crippen LogP contribution in [0.3, 0.4) is 0 Å². The molecule has 0 heterocycles. The monoisotopic (exact) mass is 178 g/mol. The molecule has 0 amide bonds. The third-order valence-corrected chi connectivity index (χ3v) is 4.26. The van der Waals surface area contributed by atoms with Crippen molar-refractivity contribution in [1.29, 1.82) is 0 Å². The number of carbonyl (C=O) groups excluding carboxylic acids is 2. The molecule has 0 aromatic heterocycles. The molecular weight excluding hydrogens is 164 g/mol. The summed E-state index contributed by atoms with van der Waals surface area (Å²) in [6, 6.07) is 0. The van der Waals surface area contributed by atoms with Crippen molar-refractivity contribution in [3.8, 4) is 0 Å². The number of Topliss-reactive ketones (excluding diaryl/α,β-unsaturated/α-hetero) is 2. The fourth-order valence-electron chi connectivity index (χ4n) is 3.53. The fraction of sp³-hybridized carbons (Fsp3) is 0.818. The van der Waals surface area contributed by atoms with Gasteiger partial charge in [-0.25, -0.2) is 0 Å². The largest absolute Gasteiger partial charge is 0.299 e. The van der Waals surface area contributed by atoms with Crippen LogP contribution in [0.4, 0.5) is 0 Å². The van der Waals surface area contributed by atoms with Gasteiger partial charge in [-0.1, -0.05) is 0 Å². The van der Waals surface area contributed by atoms with E-state index in [4.69, 9.17) is 0 Å². The molecule has 0 N–H and O–H groups in total. The highest BCUT2D eigenvalue weighted by molar-refractivity contribution is 5.94. The summed E-state index contributed by atoms with van der Waals surface area (Å²) in [7, 11) is 0. The first kappa shape index (κ1) is 7.72. The third kappa shape index (κ3) is 0.946. The molecule has 4 aliphatic carbocycles. The Kier molecular flexibility index (Phi) is 1.44. The second-order valence-electron chi connectivity index (χ2n) is 4.88. The first-order valence-corrected chi connectivity index (χ1v) is 5.32. The van der Waals surface area contributed by atoms with Gasteiger partial charge < -0.3 is 0 Å². The van der Waals surface area contributed by atoms with Gasteiger partial charge >= 0.3 is 0 Å². The maximum absolute atomic E-state index is 11.8. The van der Waals surface area contributed by atoms with Crippen LogP contribution >= 0.6 is 0 Å². The maximum atomic E-state index is 11.8. The first-order valence-electron chi connectivity index (χ1n) is 5.32. The van der Waals surface area contributed by atoms with Gasteiger partial charge in [0, 0.05) is 24.2 Å². The lowest BCUT2D eigenvalue weighted by atomic mass is 9.91. The second-order valence-corrected chi connectivity index (χ2v) is 4.88. The lowest BCUT2D eigenvalue weighted by Gasteiger charge is -2.12. The number of hydrogen-bond donors (Lipinski definition) is 0. The molecule has 0 aliphatic heterocycles. The highest BCUT2D eigenvalue weighted by atomic mass is 16.1.